The second-order valence-electron chi connectivity index (χ2n) is 5.35. The van der Waals surface area contributed by atoms with E-state index in [0.717, 1.165) is 36.8 Å². The summed E-state index contributed by atoms with van der Waals surface area (Å²) < 4.78 is 4.77. The number of carbonyl (C=O) groups excluding carboxylic acids is 2. The molecule has 128 valence electrons. The molecule has 23 heavy (non-hydrogen) atoms. The number of hydrogen-bond acceptors (Lipinski definition) is 6. The van der Waals surface area contributed by atoms with Crippen LogP contribution in [0.4, 0.5) is 4.79 Å². The number of benzene rings is 1. The van der Waals surface area contributed by atoms with Gasteiger partial charge in [-0.2, -0.15) is 0 Å². The van der Waals surface area contributed by atoms with Gasteiger partial charge in [-0.25, -0.2) is 14.5 Å². The first-order valence-electron chi connectivity index (χ1n) is 7.84. The fourth-order valence-corrected chi connectivity index (χ4v) is 2.05. The zero-order valence-electron chi connectivity index (χ0n) is 13.9. The molecule has 0 aliphatic rings. The summed E-state index contributed by atoms with van der Waals surface area (Å²) in [5, 5.41) is 4.17. The molecule has 0 aliphatic heterocycles. The molecule has 0 N–H and O–H groups in total. The van der Waals surface area contributed by atoms with Gasteiger partial charge in [0.15, 0.2) is 0 Å². The Balaban J connectivity index is 2.18. The van der Waals surface area contributed by atoms with Crippen molar-refractivity contribution in [2.24, 2.45) is 0 Å². The number of carbonyl (C=O) groups is 2. The van der Waals surface area contributed by atoms with E-state index in [-0.39, 0.29) is 6.61 Å². The summed E-state index contributed by atoms with van der Waals surface area (Å²) in [6.07, 6.45) is 4.15. The first kappa shape index (κ1) is 19.0. The van der Waals surface area contributed by atoms with Crippen LogP contribution < -0.4 is 0 Å². The molecule has 0 amide bonds. The molecule has 0 aromatic heterocycles. The van der Waals surface area contributed by atoms with Crippen LogP contribution in [0.25, 0.3) is 0 Å². The van der Waals surface area contributed by atoms with Crippen LogP contribution in [0, 0.1) is 13.8 Å². The average molecular weight is 324 g/mol. The minimum Gasteiger partial charge on any atom is -0.432 e. The van der Waals surface area contributed by atoms with Crippen molar-refractivity contribution in [1.29, 1.82) is 0 Å². The molecule has 0 radical (unpaired) electrons. The maximum Gasteiger partial charge on any atom is 0.543 e. The molecule has 0 atom stereocenters. The van der Waals surface area contributed by atoms with Crippen LogP contribution in [0.15, 0.2) is 18.2 Å². The van der Waals surface area contributed by atoms with E-state index in [1.165, 1.54) is 6.42 Å². The van der Waals surface area contributed by atoms with E-state index in [2.05, 4.69) is 21.7 Å². The van der Waals surface area contributed by atoms with Gasteiger partial charge in [0.25, 0.3) is 0 Å². The summed E-state index contributed by atoms with van der Waals surface area (Å²) in [6.45, 7) is 6.07. The average Bonchev–Trinajstić information content (AvgIpc) is 2.50. The van der Waals surface area contributed by atoms with Crippen molar-refractivity contribution in [3.05, 3.63) is 34.9 Å². The quantitative estimate of drug-likeness (QED) is 0.289. The molecule has 0 saturated heterocycles. The summed E-state index contributed by atoms with van der Waals surface area (Å²) in [5.41, 5.74) is 2.11. The summed E-state index contributed by atoms with van der Waals surface area (Å²) in [5.74, 6) is -0.741. The topological polar surface area (TPSA) is 71.1 Å². The fourth-order valence-electron chi connectivity index (χ4n) is 2.05. The SMILES string of the molecule is CCCCCCCOC(=O)OOOC(=O)c1ccc(C)cc1C. The van der Waals surface area contributed by atoms with Gasteiger partial charge in [-0.3, -0.25) is 4.89 Å². The summed E-state index contributed by atoms with van der Waals surface area (Å²) >= 11 is 0. The maximum atomic E-state index is 11.7. The largest absolute Gasteiger partial charge is 0.543 e. The van der Waals surface area contributed by atoms with E-state index in [1.807, 2.05) is 13.0 Å². The van der Waals surface area contributed by atoms with E-state index in [0.29, 0.717) is 5.56 Å². The first-order chi connectivity index (χ1) is 11.0. The third kappa shape index (κ3) is 7.65. The smallest absolute Gasteiger partial charge is 0.432 e. The Morgan fingerprint density at radius 3 is 2.43 bits per heavy atom. The van der Waals surface area contributed by atoms with Crippen LogP contribution in [0.3, 0.4) is 0 Å². The predicted molar refractivity (Wildman–Crippen MR) is 83.6 cm³/mol. The fraction of sp³-hybridized carbons (Fsp3) is 0.529. The van der Waals surface area contributed by atoms with Crippen LogP contribution in [0.5, 0.6) is 0 Å². The van der Waals surface area contributed by atoms with Gasteiger partial charge < -0.3 is 4.74 Å². The van der Waals surface area contributed by atoms with Gasteiger partial charge in [0.2, 0.25) is 0 Å². The summed E-state index contributed by atoms with van der Waals surface area (Å²) in [7, 11) is 0. The van der Waals surface area contributed by atoms with Gasteiger partial charge in [0.05, 0.1) is 17.2 Å². The zero-order chi connectivity index (χ0) is 17.1. The number of hydrogen-bond donors (Lipinski definition) is 0. The number of unbranched alkanes of at least 4 members (excludes halogenated alkanes) is 4. The lowest BCUT2D eigenvalue weighted by Gasteiger charge is -2.06. The molecule has 0 bridgehead atoms. The van der Waals surface area contributed by atoms with Gasteiger partial charge in [-0.05, 0) is 31.9 Å². The number of aryl methyl sites for hydroxylation is 2. The van der Waals surface area contributed by atoms with E-state index in [1.54, 1.807) is 19.1 Å². The Bertz CT molecular complexity index is 512. The monoisotopic (exact) mass is 324 g/mol. The third-order valence-electron chi connectivity index (χ3n) is 3.28. The molecule has 6 nitrogen and oxygen atoms in total. The Kier molecular flexibility index (Phi) is 8.75. The normalized spacial score (nSPS) is 10.2. The van der Waals surface area contributed by atoms with Gasteiger partial charge in [-0.15, -0.1) is 0 Å². The van der Waals surface area contributed by atoms with Gasteiger partial charge in [0.1, 0.15) is 0 Å². The standard InChI is InChI=1S/C17H24O6/c1-4-5-6-7-8-11-20-17(19)22-23-21-16(18)15-10-9-13(2)12-14(15)3/h9-10,12H,4-8,11H2,1-3H3. The lowest BCUT2D eigenvalue weighted by Crippen LogP contribution is -2.13. The van der Waals surface area contributed by atoms with Crippen molar-refractivity contribution >= 4 is 12.1 Å². The molecular weight excluding hydrogens is 300 g/mol. The molecule has 6 heteroatoms. The third-order valence-corrected chi connectivity index (χ3v) is 3.28. The van der Waals surface area contributed by atoms with Crippen molar-refractivity contribution in [2.75, 3.05) is 6.61 Å². The maximum absolute atomic E-state index is 11.7. The zero-order valence-corrected chi connectivity index (χ0v) is 13.9. The highest BCUT2D eigenvalue weighted by molar-refractivity contribution is 5.90. The molecule has 1 aromatic carbocycles. The van der Waals surface area contributed by atoms with Crippen LogP contribution in [-0.4, -0.2) is 18.7 Å². The second kappa shape index (κ2) is 10.6. The van der Waals surface area contributed by atoms with Crippen LogP contribution in [0.2, 0.25) is 0 Å². The molecule has 0 saturated carbocycles. The van der Waals surface area contributed by atoms with Crippen molar-refractivity contribution < 1.29 is 29.1 Å². The van der Waals surface area contributed by atoms with Crippen LogP contribution in [-0.2, 0) is 19.6 Å². The second-order valence-corrected chi connectivity index (χ2v) is 5.35. The molecule has 0 unspecified atom stereocenters. The lowest BCUT2D eigenvalue weighted by atomic mass is 10.1. The predicted octanol–water partition coefficient (Wildman–Crippen LogP) is 4.43. The Labute approximate surface area is 136 Å². The Hall–Kier alpha value is -2.08. The van der Waals surface area contributed by atoms with Gasteiger partial charge in [-0.1, -0.05) is 50.3 Å². The molecule has 0 fully saturated rings. The van der Waals surface area contributed by atoms with Crippen molar-refractivity contribution in [1.82, 2.24) is 0 Å². The molecule has 0 spiro atoms. The molecule has 0 heterocycles. The van der Waals surface area contributed by atoms with Gasteiger partial charge in [0, 0.05) is 0 Å². The summed E-state index contributed by atoms with van der Waals surface area (Å²) in [4.78, 5) is 31.6. The molecule has 1 aromatic rings. The minimum absolute atomic E-state index is 0.247. The highest BCUT2D eigenvalue weighted by atomic mass is 17.5. The van der Waals surface area contributed by atoms with Gasteiger partial charge >= 0.3 is 12.1 Å². The van der Waals surface area contributed by atoms with Crippen molar-refractivity contribution in [3.8, 4) is 0 Å². The van der Waals surface area contributed by atoms with E-state index >= 15 is 0 Å². The van der Waals surface area contributed by atoms with Crippen LogP contribution >= 0.6 is 0 Å². The number of ether oxygens (including phenoxy) is 1. The van der Waals surface area contributed by atoms with Crippen LogP contribution in [0.1, 0.15) is 60.5 Å². The Morgan fingerprint density at radius 1 is 1.00 bits per heavy atom. The van der Waals surface area contributed by atoms with Crippen molar-refractivity contribution in [2.45, 2.75) is 52.9 Å². The Morgan fingerprint density at radius 2 is 1.74 bits per heavy atom. The molecule has 1 rings (SSSR count). The van der Waals surface area contributed by atoms with E-state index < -0.39 is 12.1 Å². The highest BCUT2D eigenvalue weighted by Crippen LogP contribution is 2.12. The van der Waals surface area contributed by atoms with E-state index in [9.17, 15) is 9.59 Å². The molecule has 0 aliphatic carbocycles. The van der Waals surface area contributed by atoms with Crippen molar-refractivity contribution in [3.63, 3.8) is 0 Å². The van der Waals surface area contributed by atoms with E-state index in [4.69, 9.17) is 4.74 Å². The minimum atomic E-state index is -1.03. The number of rotatable bonds is 9. The summed E-state index contributed by atoms with van der Waals surface area (Å²) in [6, 6.07) is 5.23. The first-order valence-corrected chi connectivity index (χ1v) is 7.84. The highest BCUT2D eigenvalue weighted by Gasteiger charge is 2.14. The molecular formula is C17H24O6. The lowest BCUT2D eigenvalue weighted by molar-refractivity contribution is -0.452.